The maximum absolute atomic E-state index is 13.4. The predicted octanol–water partition coefficient (Wildman–Crippen LogP) is 4.05. The molecule has 0 aromatic heterocycles. The third-order valence-electron chi connectivity index (χ3n) is 2.41. The first-order valence-electron chi connectivity index (χ1n) is 5.32. The molecule has 2 aromatic carbocycles. The van der Waals surface area contributed by atoms with Crippen molar-refractivity contribution in [3.63, 3.8) is 0 Å². The quantitative estimate of drug-likeness (QED) is 0.631. The second-order valence-electron chi connectivity index (χ2n) is 3.72. The molecule has 0 N–H and O–H groups in total. The average Bonchev–Trinajstić information content (AvgIpc) is 2.40. The van der Waals surface area contributed by atoms with Gasteiger partial charge in [-0.2, -0.15) is 9.65 Å². The van der Waals surface area contributed by atoms with Crippen molar-refractivity contribution < 1.29 is 14.1 Å². The summed E-state index contributed by atoms with van der Waals surface area (Å²) in [6, 6.07) is 9.39. The fraction of sp³-hybridized carbons (Fsp3) is 0. The number of benzene rings is 2. The minimum atomic E-state index is -1.01. The van der Waals surface area contributed by atoms with E-state index in [0.29, 0.717) is 5.02 Å². The average molecular weight is 293 g/mol. The summed E-state index contributed by atoms with van der Waals surface area (Å²) in [5, 5.41) is 19.8. The molecule has 5 nitrogen and oxygen atoms in total. The Morgan fingerprint density at radius 3 is 2.65 bits per heavy atom. The number of rotatable bonds is 3. The van der Waals surface area contributed by atoms with Crippen molar-refractivity contribution in [3.05, 3.63) is 62.9 Å². The van der Waals surface area contributed by atoms with Gasteiger partial charge < -0.3 is 4.74 Å². The van der Waals surface area contributed by atoms with E-state index in [2.05, 4.69) is 0 Å². The van der Waals surface area contributed by atoms with Crippen molar-refractivity contribution in [1.29, 1.82) is 5.26 Å². The normalized spacial score (nSPS) is 9.85. The Bertz CT molecular complexity index is 728. The zero-order chi connectivity index (χ0) is 14.7. The van der Waals surface area contributed by atoms with Gasteiger partial charge in [-0.3, -0.25) is 10.1 Å². The van der Waals surface area contributed by atoms with Crippen LogP contribution in [-0.2, 0) is 0 Å². The Hall–Kier alpha value is -2.65. The molecule has 7 heteroatoms. The first kappa shape index (κ1) is 13.8. The summed E-state index contributed by atoms with van der Waals surface area (Å²) in [6.07, 6.45) is 0. The van der Waals surface area contributed by atoms with Gasteiger partial charge in [0.15, 0.2) is 0 Å². The molecular formula is C13H6ClFN2O3. The molecule has 0 aliphatic carbocycles. The lowest BCUT2D eigenvalue weighted by Crippen LogP contribution is -1.94. The van der Waals surface area contributed by atoms with Crippen LogP contribution in [0.1, 0.15) is 5.56 Å². The van der Waals surface area contributed by atoms with Gasteiger partial charge in [0.2, 0.25) is 5.82 Å². The minimum Gasteiger partial charge on any atom is -0.456 e. The Morgan fingerprint density at radius 2 is 2.05 bits per heavy atom. The third kappa shape index (κ3) is 2.84. The van der Waals surface area contributed by atoms with Gasteiger partial charge in [-0.15, -0.1) is 0 Å². The minimum absolute atomic E-state index is 0.0481. The van der Waals surface area contributed by atoms with Crippen LogP contribution in [-0.4, -0.2) is 4.92 Å². The van der Waals surface area contributed by atoms with E-state index in [1.54, 1.807) is 0 Å². The second kappa shape index (κ2) is 5.55. The van der Waals surface area contributed by atoms with Gasteiger partial charge in [0, 0.05) is 17.2 Å². The molecule has 100 valence electrons. The van der Waals surface area contributed by atoms with Gasteiger partial charge in [0.1, 0.15) is 17.6 Å². The van der Waals surface area contributed by atoms with Gasteiger partial charge in [-0.1, -0.05) is 11.6 Å². The molecule has 2 aromatic rings. The van der Waals surface area contributed by atoms with Crippen LogP contribution in [0.2, 0.25) is 5.02 Å². The number of nitrogens with zero attached hydrogens (tertiary/aromatic N) is 2. The van der Waals surface area contributed by atoms with Crippen LogP contribution in [0.25, 0.3) is 0 Å². The first-order valence-corrected chi connectivity index (χ1v) is 5.70. The first-order chi connectivity index (χ1) is 9.51. The van der Waals surface area contributed by atoms with Crippen LogP contribution in [0.5, 0.6) is 11.5 Å². The summed E-state index contributed by atoms with van der Waals surface area (Å²) in [7, 11) is 0. The van der Waals surface area contributed by atoms with E-state index in [1.165, 1.54) is 24.3 Å². The molecule has 0 radical (unpaired) electrons. The maximum Gasteiger partial charge on any atom is 0.305 e. The fourth-order valence-corrected chi connectivity index (χ4v) is 1.68. The Kier molecular flexibility index (Phi) is 3.82. The smallest absolute Gasteiger partial charge is 0.305 e. The number of halogens is 2. The lowest BCUT2D eigenvalue weighted by molar-refractivity contribution is -0.387. The zero-order valence-corrected chi connectivity index (χ0v) is 10.6. The van der Waals surface area contributed by atoms with Crippen LogP contribution >= 0.6 is 11.6 Å². The van der Waals surface area contributed by atoms with Gasteiger partial charge >= 0.3 is 5.69 Å². The summed E-state index contributed by atoms with van der Waals surface area (Å²) in [5.74, 6) is -0.781. The summed E-state index contributed by atoms with van der Waals surface area (Å²) in [4.78, 5) is 9.67. The largest absolute Gasteiger partial charge is 0.456 e. The molecule has 0 aliphatic rings. The van der Waals surface area contributed by atoms with Crippen molar-refractivity contribution in [3.8, 4) is 17.6 Å². The van der Waals surface area contributed by atoms with Crippen molar-refractivity contribution >= 4 is 17.3 Å². The molecule has 0 aliphatic heterocycles. The summed E-state index contributed by atoms with van der Waals surface area (Å²) in [6.45, 7) is 0. The molecule has 0 spiro atoms. The van der Waals surface area contributed by atoms with Gasteiger partial charge in [-0.05, 0) is 24.3 Å². The van der Waals surface area contributed by atoms with E-state index in [0.717, 1.165) is 12.1 Å². The van der Waals surface area contributed by atoms with Crippen molar-refractivity contribution in [2.45, 2.75) is 0 Å². The van der Waals surface area contributed by atoms with Crippen LogP contribution < -0.4 is 4.74 Å². The van der Waals surface area contributed by atoms with Crippen LogP contribution in [0.4, 0.5) is 10.1 Å². The van der Waals surface area contributed by atoms with Crippen LogP contribution in [0, 0.1) is 27.3 Å². The molecule has 0 atom stereocenters. The highest BCUT2D eigenvalue weighted by atomic mass is 35.5. The number of hydrogen-bond donors (Lipinski definition) is 0. The van der Waals surface area contributed by atoms with Crippen molar-refractivity contribution in [2.24, 2.45) is 0 Å². The van der Waals surface area contributed by atoms with Crippen LogP contribution in [0.15, 0.2) is 36.4 Å². The van der Waals surface area contributed by atoms with E-state index in [1.807, 2.05) is 6.07 Å². The SMILES string of the molecule is N#Cc1cc(Cl)ccc1Oc1ccc([N+](=O)[O-])c(F)c1. The van der Waals surface area contributed by atoms with E-state index >= 15 is 0 Å². The monoisotopic (exact) mass is 292 g/mol. The Balaban J connectivity index is 2.34. The molecule has 0 bridgehead atoms. The summed E-state index contributed by atoms with van der Waals surface area (Å²) < 4.78 is 18.8. The number of nitriles is 1. The molecule has 0 saturated heterocycles. The van der Waals surface area contributed by atoms with Crippen LogP contribution in [0.3, 0.4) is 0 Å². The van der Waals surface area contributed by atoms with Gasteiger partial charge in [0.25, 0.3) is 0 Å². The lowest BCUT2D eigenvalue weighted by Gasteiger charge is -2.07. The summed E-state index contributed by atoms with van der Waals surface area (Å²) in [5.41, 5.74) is -0.467. The van der Waals surface area contributed by atoms with Crippen molar-refractivity contribution in [1.82, 2.24) is 0 Å². The van der Waals surface area contributed by atoms with Gasteiger partial charge in [0.05, 0.1) is 10.5 Å². The molecule has 2 rings (SSSR count). The highest BCUT2D eigenvalue weighted by Gasteiger charge is 2.15. The van der Waals surface area contributed by atoms with E-state index in [-0.39, 0.29) is 17.1 Å². The molecular weight excluding hydrogens is 287 g/mol. The molecule has 20 heavy (non-hydrogen) atoms. The third-order valence-corrected chi connectivity index (χ3v) is 2.64. The molecule has 0 fully saturated rings. The van der Waals surface area contributed by atoms with Gasteiger partial charge in [-0.25, -0.2) is 0 Å². The predicted molar refractivity (Wildman–Crippen MR) is 69.3 cm³/mol. The summed E-state index contributed by atoms with van der Waals surface area (Å²) >= 11 is 5.74. The second-order valence-corrected chi connectivity index (χ2v) is 4.16. The topological polar surface area (TPSA) is 76.2 Å². The Morgan fingerprint density at radius 1 is 1.30 bits per heavy atom. The number of nitro groups is 1. The zero-order valence-electron chi connectivity index (χ0n) is 9.84. The maximum atomic E-state index is 13.4. The molecule has 0 heterocycles. The lowest BCUT2D eigenvalue weighted by atomic mass is 10.2. The van der Waals surface area contributed by atoms with E-state index in [4.69, 9.17) is 21.6 Å². The highest BCUT2D eigenvalue weighted by molar-refractivity contribution is 6.30. The van der Waals surface area contributed by atoms with E-state index < -0.39 is 16.4 Å². The standard InChI is InChI=1S/C13H6ClFN2O3/c14-9-1-4-13(8(5-9)7-16)20-10-2-3-12(17(18)19)11(15)6-10/h1-6H. The fourth-order valence-electron chi connectivity index (χ4n) is 1.50. The Labute approximate surface area is 117 Å². The number of ether oxygens (including phenoxy) is 1. The number of nitro benzene ring substituents is 1. The molecule has 0 amide bonds. The number of hydrogen-bond acceptors (Lipinski definition) is 4. The van der Waals surface area contributed by atoms with Crippen molar-refractivity contribution in [2.75, 3.05) is 0 Å². The highest BCUT2D eigenvalue weighted by Crippen LogP contribution is 2.29. The van der Waals surface area contributed by atoms with E-state index in [9.17, 15) is 14.5 Å². The molecule has 0 unspecified atom stereocenters. The molecule has 0 saturated carbocycles.